The van der Waals surface area contributed by atoms with Gasteiger partial charge in [-0.1, -0.05) is 53.6 Å². The molecule has 0 saturated heterocycles. The lowest BCUT2D eigenvalue weighted by Gasteiger charge is -2.23. The number of nitrogens with zero attached hydrogens (tertiary/aromatic N) is 3. The van der Waals surface area contributed by atoms with Crippen molar-refractivity contribution in [2.45, 2.75) is 32.2 Å². The fraction of sp³-hybridized carbons (Fsp3) is 0.217. The van der Waals surface area contributed by atoms with Gasteiger partial charge in [0.15, 0.2) is 0 Å². The van der Waals surface area contributed by atoms with Crippen molar-refractivity contribution in [2.75, 3.05) is 0 Å². The molecule has 7 heteroatoms. The van der Waals surface area contributed by atoms with Gasteiger partial charge >= 0.3 is 5.97 Å². The highest BCUT2D eigenvalue weighted by atomic mass is 35.5. The van der Waals surface area contributed by atoms with Gasteiger partial charge in [-0.2, -0.15) is 5.10 Å². The first-order valence-corrected chi connectivity index (χ1v) is 10.0. The normalized spacial score (nSPS) is 16.0. The zero-order valence-electron chi connectivity index (χ0n) is 16.4. The van der Waals surface area contributed by atoms with E-state index >= 15 is 0 Å². The molecule has 4 rings (SSSR count). The van der Waals surface area contributed by atoms with Crippen LogP contribution >= 0.6 is 11.6 Å². The summed E-state index contributed by atoms with van der Waals surface area (Å²) < 4.78 is 0. The van der Waals surface area contributed by atoms with Crippen LogP contribution in [0.5, 0.6) is 0 Å². The van der Waals surface area contributed by atoms with Gasteiger partial charge in [0.2, 0.25) is 5.91 Å². The van der Waals surface area contributed by atoms with Crippen LogP contribution in [0, 0.1) is 6.92 Å². The summed E-state index contributed by atoms with van der Waals surface area (Å²) in [5, 5.41) is 16.1. The SMILES string of the molecule is Cc1ccc2nc(Cl)c([C@H]3CC(c4ccccc4)=NN3C(=O)CCC(=O)O)cc2c1. The molecule has 3 aromatic rings. The molecule has 2 aromatic carbocycles. The second-order valence-corrected chi connectivity index (χ2v) is 7.69. The van der Waals surface area contributed by atoms with Crippen molar-refractivity contribution in [3.63, 3.8) is 0 Å². The van der Waals surface area contributed by atoms with Crippen molar-refractivity contribution in [1.82, 2.24) is 9.99 Å². The molecule has 0 unspecified atom stereocenters. The Morgan fingerprint density at radius 3 is 2.63 bits per heavy atom. The number of carbonyl (C=O) groups excluding carboxylic acids is 1. The average Bonchev–Trinajstić information content (AvgIpc) is 3.17. The maximum atomic E-state index is 12.8. The summed E-state index contributed by atoms with van der Waals surface area (Å²) in [5.74, 6) is -1.37. The Bertz CT molecular complexity index is 1160. The average molecular weight is 422 g/mol. The van der Waals surface area contributed by atoms with Gasteiger partial charge in [-0.05, 0) is 30.7 Å². The van der Waals surface area contributed by atoms with Gasteiger partial charge in [0.05, 0.1) is 23.7 Å². The van der Waals surface area contributed by atoms with Crippen molar-refractivity contribution in [1.29, 1.82) is 0 Å². The Morgan fingerprint density at radius 1 is 1.13 bits per heavy atom. The lowest BCUT2D eigenvalue weighted by atomic mass is 9.98. The molecule has 6 nitrogen and oxygen atoms in total. The lowest BCUT2D eigenvalue weighted by molar-refractivity contribution is -0.141. The number of hydrazone groups is 1. The molecule has 1 atom stereocenters. The zero-order chi connectivity index (χ0) is 21.3. The lowest BCUT2D eigenvalue weighted by Crippen LogP contribution is -2.27. The van der Waals surface area contributed by atoms with Gasteiger partial charge in [-0.3, -0.25) is 9.59 Å². The van der Waals surface area contributed by atoms with Crippen LogP contribution in [0.25, 0.3) is 10.9 Å². The number of carboxylic acids is 1. The van der Waals surface area contributed by atoms with Crippen molar-refractivity contribution in [3.05, 3.63) is 76.4 Å². The first-order valence-electron chi connectivity index (χ1n) is 9.66. The molecule has 0 spiro atoms. The van der Waals surface area contributed by atoms with E-state index in [1.54, 1.807) is 0 Å². The molecular weight excluding hydrogens is 402 g/mol. The molecular formula is C23H20ClN3O3. The highest BCUT2D eigenvalue weighted by Crippen LogP contribution is 2.37. The topological polar surface area (TPSA) is 82.9 Å². The second kappa shape index (κ2) is 8.24. The Kier molecular flexibility index (Phi) is 5.50. The van der Waals surface area contributed by atoms with Crippen LogP contribution in [-0.4, -0.2) is 32.7 Å². The Morgan fingerprint density at radius 2 is 1.90 bits per heavy atom. The Hall–Kier alpha value is -3.25. The molecule has 1 aromatic heterocycles. The van der Waals surface area contributed by atoms with Crippen LogP contribution in [0.4, 0.5) is 0 Å². The van der Waals surface area contributed by atoms with E-state index in [0.29, 0.717) is 17.1 Å². The molecule has 0 fully saturated rings. The fourth-order valence-corrected chi connectivity index (χ4v) is 3.91. The largest absolute Gasteiger partial charge is 0.481 e. The van der Waals surface area contributed by atoms with Crippen LogP contribution in [0.2, 0.25) is 5.15 Å². The van der Waals surface area contributed by atoms with E-state index in [0.717, 1.165) is 27.7 Å². The van der Waals surface area contributed by atoms with Crippen molar-refractivity contribution >= 4 is 40.1 Å². The predicted molar refractivity (Wildman–Crippen MR) is 116 cm³/mol. The Labute approximate surface area is 178 Å². The number of benzene rings is 2. The zero-order valence-corrected chi connectivity index (χ0v) is 17.1. The summed E-state index contributed by atoms with van der Waals surface area (Å²) in [4.78, 5) is 28.3. The number of aromatic nitrogens is 1. The molecule has 0 aliphatic carbocycles. The Balaban J connectivity index is 1.75. The van der Waals surface area contributed by atoms with Crippen LogP contribution < -0.4 is 0 Å². The minimum Gasteiger partial charge on any atom is -0.481 e. The number of carboxylic acid groups (broad SMARTS) is 1. The summed E-state index contributed by atoms with van der Waals surface area (Å²) in [6.07, 6.45) is 0.0951. The maximum Gasteiger partial charge on any atom is 0.303 e. The third-order valence-corrected chi connectivity index (χ3v) is 5.44. The number of hydrogen-bond donors (Lipinski definition) is 1. The highest BCUT2D eigenvalue weighted by Gasteiger charge is 2.34. The summed E-state index contributed by atoms with van der Waals surface area (Å²) in [6, 6.07) is 17.0. The van der Waals surface area contributed by atoms with Gasteiger partial charge in [0.1, 0.15) is 5.15 Å². The van der Waals surface area contributed by atoms with E-state index in [4.69, 9.17) is 16.7 Å². The van der Waals surface area contributed by atoms with Crippen LogP contribution in [-0.2, 0) is 9.59 Å². The number of carbonyl (C=O) groups is 2. The second-order valence-electron chi connectivity index (χ2n) is 7.33. The highest BCUT2D eigenvalue weighted by molar-refractivity contribution is 6.30. The first kappa shape index (κ1) is 20.0. The summed E-state index contributed by atoms with van der Waals surface area (Å²) >= 11 is 6.52. The molecule has 0 bridgehead atoms. The van der Waals surface area contributed by atoms with Crippen LogP contribution in [0.3, 0.4) is 0 Å². The van der Waals surface area contributed by atoms with E-state index in [1.165, 1.54) is 5.01 Å². The quantitative estimate of drug-likeness (QED) is 0.603. The number of hydrogen-bond acceptors (Lipinski definition) is 4. The minimum absolute atomic E-state index is 0.130. The monoisotopic (exact) mass is 421 g/mol. The predicted octanol–water partition coefficient (Wildman–Crippen LogP) is 4.74. The summed E-state index contributed by atoms with van der Waals surface area (Å²) in [5.41, 5.74) is 4.24. The van der Waals surface area contributed by atoms with Crippen LogP contribution in [0.1, 0.15) is 42.0 Å². The summed E-state index contributed by atoms with van der Waals surface area (Å²) in [6.45, 7) is 2.00. The van der Waals surface area contributed by atoms with Gasteiger partial charge < -0.3 is 5.11 Å². The van der Waals surface area contributed by atoms with Crippen LogP contribution in [0.15, 0.2) is 59.7 Å². The van der Waals surface area contributed by atoms with Crippen molar-refractivity contribution in [2.24, 2.45) is 5.10 Å². The molecule has 1 aliphatic heterocycles. The summed E-state index contributed by atoms with van der Waals surface area (Å²) in [7, 11) is 0. The molecule has 1 amide bonds. The molecule has 0 radical (unpaired) electrons. The van der Waals surface area contributed by atoms with Gasteiger partial charge in [-0.25, -0.2) is 9.99 Å². The maximum absolute atomic E-state index is 12.8. The van der Waals surface area contributed by atoms with Gasteiger partial charge in [0, 0.05) is 23.8 Å². The van der Waals surface area contributed by atoms with E-state index in [2.05, 4.69) is 10.1 Å². The first-order chi connectivity index (χ1) is 14.4. The van der Waals surface area contributed by atoms with E-state index in [-0.39, 0.29) is 18.7 Å². The minimum atomic E-state index is -1.02. The molecule has 152 valence electrons. The van der Waals surface area contributed by atoms with Crippen molar-refractivity contribution in [3.8, 4) is 0 Å². The number of aryl methyl sites for hydroxylation is 1. The van der Waals surface area contributed by atoms with Crippen molar-refractivity contribution < 1.29 is 14.7 Å². The molecule has 1 aliphatic rings. The smallest absolute Gasteiger partial charge is 0.303 e. The number of amides is 1. The number of aliphatic carboxylic acids is 1. The number of fused-ring (bicyclic) bond motifs is 1. The third-order valence-electron chi connectivity index (χ3n) is 5.14. The standard InChI is InChI=1S/C23H20ClN3O3/c1-14-7-8-18-16(11-14)12-17(23(24)25-18)20-13-19(15-5-3-2-4-6-15)26-27(20)21(28)9-10-22(29)30/h2-8,11-12,20H,9-10,13H2,1H3,(H,29,30)/t20-/m1/s1. The van der Waals surface area contributed by atoms with Gasteiger partial charge in [-0.15, -0.1) is 0 Å². The number of pyridine rings is 1. The number of rotatable bonds is 5. The van der Waals surface area contributed by atoms with E-state index in [9.17, 15) is 9.59 Å². The third kappa shape index (κ3) is 4.04. The number of halogens is 1. The molecule has 30 heavy (non-hydrogen) atoms. The van der Waals surface area contributed by atoms with E-state index in [1.807, 2.05) is 61.5 Å². The molecule has 1 N–H and O–H groups in total. The molecule has 0 saturated carbocycles. The van der Waals surface area contributed by atoms with Gasteiger partial charge in [0.25, 0.3) is 0 Å². The fourth-order valence-electron chi connectivity index (χ4n) is 3.64. The molecule has 2 heterocycles. The van der Waals surface area contributed by atoms with E-state index < -0.39 is 12.0 Å².